The Hall–Kier alpha value is -1.10. The summed E-state index contributed by atoms with van der Waals surface area (Å²) >= 11 is 0. The molecule has 1 saturated heterocycles. The minimum absolute atomic E-state index is 0.0856. The van der Waals surface area contributed by atoms with Crippen LogP contribution in [0.2, 0.25) is 0 Å². The van der Waals surface area contributed by atoms with Gasteiger partial charge in [0.1, 0.15) is 0 Å². The Balaban J connectivity index is 2.86. The molecule has 1 heterocycles. The molecule has 1 aliphatic rings. The van der Waals surface area contributed by atoms with E-state index in [1.54, 1.807) is 13.8 Å². The van der Waals surface area contributed by atoms with E-state index >= 15 is 0 Å². The van der Waals surface area contributed by atoms with Gasteiger partial charge in [0.15, 0.2) is 0 Å². The highest BCUT2D eigenvalue weighted by molar-refractivity contribution is 6.02. The molecule has 0 aromatic rings. The number of nitrogens with two attached hydrogens (primary N) is 1. The molecular weight excluding hydrogens is 158 g/mol. The first-order valence-electron chi connectivity index (χ1n) is 3.80. The monoisotopic (exact) mass is 171 g/mol. The van der Waals surface area contributed by atoms with Crippen molar-refractivity contribution in [3.8, 4) is 0 Å². The molecule has 0 aromatic carbocycles. The van der Waals surface area contributed by atoms with Crippen LogP contribution in [-0.2, 0) is 4.79 Å². The molecule has 0 saturated carbocycles. The normalized spacial score (nSPS) is 18.4. The Morgan fingerprint density at radius 2 is 2.17 bits per heavy atom. The maximum Gasteiger partial charge on any atom is 0.325 e. The second-order valence-corrected chi connectivity index (χ2v) is 3.40. The van der Waals surface area contributed by atoms with E-state index in [-0.39, 0.29) is 25.0 Å². The third-order valence-electron chi connectivity index (χ3n) is 1.95. The number of hydrogen-bond donors (Lipinski definition) is 2. The van der Waals surface area contributed by atoms with Crippen molar-refractivity contribution < 1.29 is 9.59 Å². The molecule has 3 N–H and O–H groups in total. The number of nitrogens with zero attached hydrogens (tertiary/aromatic N) is 1. The molecule has 0 aliphatic carbocycles. The van der Waals surface area contributed by atoms with Crippen LogP contribution in [0.15, 0.2) is 0 Å². The van der Waals surface area contributed by atoms with Crippen molar-refractivity contribution in [3.05, 3.63) is 0 Å². The summed E-state index contributed by atoms with van der Waals surface area (Å²) in [6.45, 7) is 3.88. The molecule has 0 radical (unpaired) electrons. The van der Waals surface area contributed by atoms with E-state index in [9.17, 15) is 9.59 Å². The third-order valence-corrected chi connectivity index (χ3v) is 1.95. The van der Waals surface area contributed by atoms with Gasteiger partial charge in [-0.3, -0.25) is 9.69 Å². The average molecular weight is 171 g/mol. The number of amides is 3. The van der Waals surface area contributed by atoms with Gasteiger partial charge in [0.25, 0.3) is 5.91 Å². The van der Waals surface area contributed by atoms with E-state index in [0.717, 1.165) is 0 Å². The lowest BCUT2D eigenvalue weighted by atomic mass is 10.0. The molecule has 1 aliphatic heterocycles. The van der Waals surface area contributed by atoms with Crippen LogP contribution >= 0.6 is 0 Å². The lowest BCUT2D eigenvalue weighted by Gasteiger charge is -2.31. The molecule has 0 spiro atoms. The minimum Gasteiger partial charge on any atom is -0.329 e. The second kappa shape index (κ2) is 2.75. The van der Waals surface area contributed by atoms with Crippen LogP contribution in [-0.4, -0.2) is 35.5 Å². The molecule has 0 bridgehead atoms. The zero-order chi connectivity index (χ0) is 9.35. The van der Waals surface area contributed by atoms with Gasteiger partial charge in [0.2, 0.25) is 0 Å². The molecule has 5 heteroatoms. The Morgan fingerprint density at radius 1 is 1.58 bits per heavy atom. The van der Waals surface area contributed by atoms with Crippen LogP contribution in [0.5, 0.6) is 0 Å². The fourth-order valence-corrected chi connectivity index (χ4v) is 1.13. The number of urea groups is 1. The first-order chi connectivity index (χ1) is 5.49. The van der Waals surface area contributed by atoms with Gasteiger partial charge >= 0.3 is 6.03 Å². The van der Waals surface area contributed by atoms with Gasteiger partial charge in [-0.05, 0) is 13.8 Å². The van der Waals surface area contributed by atoms with Crippen molar-refractivity contribution in [2.24, 2.45) is 5.73 Å². The number of nitrogens with one attached hydrogen (secondary N) is 1. The summed E-state index contributed by atoms with van der Waals surface area (Å²) in [5.74, 6) is -0.213. The van der Waals surface area contributed by atoms with Crippen LogP contribution in [0, 0.1) is 0 Å². The first-order valence-corrected chi connectivity index (χ1v) is 3.80. The quantitative estimate of drug-likeness (QED) is 0.538. The summed E-state index contributed by atoms with van der Waals surface area (Å²) < 4.78 is 0. The van der Waals surface area contributed by atoms with Gasteiger partial charge in [-0.15, -0.1) is 0 Å². The van der Waals surface area contributed by atoms with Crippen LogP contribution in [0.4, 0.5) is 4.79 Å². The molecule has 1 fully saturated rings. The largest absolute Gasteiger partial charge is 0.329 e. The number of rotatable bonds is 2. The maximum atomic E-state index is 11.2. The zero-order valence-corrected chi connectivity index (χ0v) is 7.26. The topological polar surface area (TPSA) is 75.4 Å². The van der Waals surface area contributed by atoms with Crippen molar-refractivity contribution in [1.29, 1.82) is 0 Å². The predicted octanol–water partition coefficient (Wildman–Crippen LogP) is -0.724. The standard InChI is InChI=1S/C7H13N3O2/c1-7(2,4-8)10-5(11)3-9-6(10)12/h3-4,8H2,1-2H3,(H,9,12). The van der Waals surface area contributed by atoms with Crippen molar-refractivity contribution in [2.75, 3.05) is 13.1 Å². The molecule has 3 amide bonds. The van der Waals surface area contributed by atoms with Crippen LogP contribution < -0.4 is 11.1 Å². The van der Waals surface area contributed by atoms with Crippen LogP contribution in [0.25, 0.3) is 0 Å². The van der Waals surface area contributed by atoms with E-state index < -0.39 is 5.54 Å². The van der Waals surface area contributed by atoms with Gasteiger partial charge in [-0.2, -0.15) is 0 Å². The fraction of sp³-hybridized carbons (Fsp3) is 0.714. The first kappa shape index (κ1) is 8.99. The number of hydrogen-bond acceptors (Lipinski definition) is 3. The van der Waals surface area contributed by atoms with E-state index in [4.69, 9.17) is 5.73 Å². The second-order valence-electron chi connectivity index (χ2n) is 3.40. The smallest absolute Gasteiger partial charge is 0.325 e. The molecule has 0 aromatic heterocycles. The Labute approximate surface area is 70.9 Å². The summed E-state index contributed by atoms with van der Waals surface area (Å²) in [4.78, 5) is 23.5. The Bertz CT molecular complexity index is 209. The minimum atomic E-state index is -0.586. The van der Waals surface area contributed by atoms with Crippen LogP contribution in [0.1, 0.15) is 13.8 Å². The van der Waals surface area contributed by atoms with E-state index in [0.29, 0.717) is 0 Å². The molecule has 0 atom stereocenters. The maximum absolute atomic E-state index is 11.2. The summed E-state index contributed by atoms with van der Waals surface area (Å²) in [7, 11) is 0. The van der Waals surface area contributed by atoms with Crippen molar-refractivity contribution in [1.82, 2.24) is 10.2 Å². The highest BCUT2D eigenvalue weighted by atomic mass is 16.2. The van der Waals surface area contributed by atoms with Gasteiger partial charge in [0.05, 0.1) is 12.1 Å². The SMILES string of the molecule is CC(C)(CN)N1C(=O)CNC1=O. The molecule has 1 rings (SSSR count). The summed E-state index contributed by atoms with van der Waals surface area (Å²) in [6.07, 6.45) is 0. The van der Waals surface area contributed by atoms with Crippen molar-refractivity contribution in [3.63, 3.8) is 0 Å². The molecule has 12 heavy (non-hydrogen) atoms. The summed E-state index contributed by atoms with van der Waals surface area (Å²) in [5, 5.41) is 2.44. The van der Waals surface area contributed by atoms with Gasteiger partial charge in [-0.1, -0.05) is 0 Å². The fourth-order valence-electron chi connectivity index (χ4n) is 1.13. The lowest BCUT2D eigenvalue weighted by Crippen LogP contribution is -2.52. The van der Waals surface area contributed by atoms with E-state index in [1.165, 1.54) is 4.90 Å². The number of carbonyl (C=O) groups is 2. The van der Waals surface area contributed by atoms with Crippen LogP contribution in [0.3, 0.4) is 0 Å². The number of carbonyl (C=O) groups excluding carboxylic acids is 2. The van der Waals surface area contributed by atoms with Crippen molar-refractivity contribution >= 4 is 11.9 Å². The molecule has 5 nitrogen and oxygen atoms in total. The molecular formula is C7H13N3O2. The predicted molar refractivity (Wildman–Crippen MR) is 43.4 cm³/mol. The van der Waals surface area contributed by atoms with Gasteiger partial charge in [0, 0.05) is 6.54 Å². The van der Waals surface area contributed by atoms with Crippen molar-refractivity contribution in [2.45, 2.75) is 19.4 Å². The van der Waals surface area contributed by atoms with E-state index in [2.05, 4.69) is 5.32 Å². The number of imide groups is 1. The molecule has 68 valence electrons. The summed E-state index contributed by atoms with van der Waals surface area (Å²) in [6, 6.07) is -0.351. The van der Waals surface area contributed by atoms with E-state index in [1.807, 2.05) is 0 Å². The highest BCUT2D eigenvalue weighted by Crippen LogP contribution is 2.15. The third kappa shape index (κ3) is 1.27. The molecule has 0 unspecified atom stereocenters. The Kier molecular flexibility index (Phi) is 2.06. The lowest BCUT2D eigenvalue weighted by molar-refractivity contribution is -0.128. The Morgan fingerprint density at radius 3 is 2.50 bits per heavy atom. The van der Waals surface area contributed by atoms with Gasteiger partial charge in [-0.25, -0.2) is 4.79 Å². The highest BCUT2D eigenvalue weighted by Gasteiger charge is 2.39. The average Bonchev–Trinajstić information content (AvgIpc) is 2.31. The van der Waals surface area contributed by atoms with Gasteiger partial charge < -0.3 is 11.1 Å². The summed E-state index contributed by atoms with van der Waals surface area (Å²) in [5.41, 5.74) is 4.85. The zero-order valence-electron chi connectivity index (χ0n) is 7.26.